The van der Waals surface area contributed by atoms with Crippen molar-refractivity contribution < 1.29 is 97.1 Å². The topological polar surface area (TPSA) is 80.7 Å². The maximum atomic E-state index is 14.4. The molecule has 0 bridgehead atoms. The smallest absolute Gasteiger partial charge is 0.460 e. The summed E-state index contributed by atoms with van der Waals surface area (Å²) in [7, 11) is -4.48. The van der Waals surface area contributed by atoms with Crippen LogP contribution in [0.15, 0.2) is 53.4 Å². The minimum atomic E-state index is -8.73. The Kier molecular flexibility index (Phi) is 10.9. The van der Waals surface area contributed by atoms with Crippen LogP contribution in [0.25, 0.3) is 0 Å². The van der Waals surface area contributed by atoms with Crippen LogP contribution in [0.4, 0.5) is 74.6 Å². The van der Waals surface area contributed by atoms with E-state index in [2.05, 4.69) is 0 Å². The second kappa shape index (κ2) is 12.8. The molecule has 23 heteroatoms. The van der Waals surface area contributed by atoms with Crippen molar-refractivity contribution in [2.75, 3.05) is 6.61 Å². The largest absolute Gasteiger partial charge is 0.494 e. The molecule has 0 spiro atoms. The molecular weight excluding hydrogens is 735 g/mol. The highest BCUT2D eigenvalue weighted by Gasteiger charge is 2.95. The van der Waals surface area contributed by atoms with Crippen molar-refractivity contribution in [3.05, 3.63) is 59.7 Å². The lowest BCUT2D eigenvalue weighted by molar-refractivity contribution is -0.462. The van der Waals surface area contributed by atoms with Gasteiger partial charge in [0.15, 0.2) is 5.78 Å². The van der Waals surface area contributed by atoms with E-state index in [4.69, 9.17) is 9.29 Å². The van der Waals surface area contributed by atoms with Crippen LogP contribution in [0.5, 0.6) is 5.75 Å². The molecule has 2 aromatic rings. The first-order chi connectivity index (χ1) is 21.3. The molecule has 0 fully saturated rings. The third kappa shape index (κ3) is 6.88. The predicted molar refractivity (Wildman–Crippen MR) is 126 cm³/mol. The summed E-state index contributed by atoms with van der Waals surface area (Å²) in [6.45, 7) is -0.101. The average Bonchev–Trinajstić information content (AvgIpc) is 2.95. The number of hydrogen-bond acceptors (Lipinski definition) is 4. The quantitative estimate of drug-likeness (QED) is 0.0852. The summed E-state index contributed by atoms with van der Waals surface area (Å²) < 4.78 is 266. The molecule has 5 nitrogen and oxygen atoms in total. The molecule has 0 aliphatic heterocycles. The van der Waals surface area contributed by atoms with Crippen molar-refractivity contribution in [2.45, 2.75) is 71.8 Å². The van der Waals surface area contributed by atoms with E-state index in [0.29, 0.717) is 0 Å². The monoisotopic (exact) mass is 752 g/mol. The SMILES string of the molecule is O=C(CCCCOc1ccc(S(=O)(=O)O)cc1)c1ccc(C(F)(F)C(F)(F)C(F)(F)C(F)(F)C(F)(F)C(F)(F)C(F)(F)C(F)(F)F)cc1. The van der Waals surface area contributed by atoms with E-state index < -0.39 is 86.0 Å². The molecule has 0 heterocycles. The van der Waals surface area contributed by atoms with Gasteiger partial charge in [-0.05, 0) is 37.1 Å². The van der Waals surface area contributed by atoms with Gasteiger partial charge in [0.25, 0.3) is 10.1 Å². The third-order valence-corrected chi connectivity index (χ3v) is 7.35. The maximum Gasteiger partial charge on any atom is 0.460 e. The molecule has 0 saturated carbocycles. The van der Waals surface area contributed by atoms with Gasteiger partial charge in [-0.3, -0.25) is 9.35 Å². The molecule has 48 heavy (non-hydrogen) atoms. The number of carbonyl (C=O) groups is 1. The Balaban J connectivity index is 2.19. The van der Waals surface area contributed by atoms with E-state index in [0.717, 1.165) is 12.1 Å². The summed E-state index contributed by atoms with van der Waals surface area (Å²) in [4.78, 5) is 11.8. The highest BCUT2D eigenvalue weighted by atomic mass is 32.2. The van der Waals surface area contributed by atoms with Gasteiger partial charge in [0, 0.05) is 17.5 Å². The number of hydrogen-bond donors (Lipinski definition) is 1. The number of carbonyl (C=O) groups excluding carboxylic acids is 1. The van der Waals surface area contributed by atoms with Gasteiger partial charge in [-0.25, -0.2) is 0 Å². The van der Waals surface area contributed by atoms with Crippen molar-refractivity contribution in [1.82, 2.24) is 0 Å². The molecule has 2 rings (SSSR count). The summed E-state index contributed by atoms with van der Waals surface area (Å²) in [5.74, 6) is -58.1. The van der Waals surface area contributed by atoms with Gasteiger partial charge in [0.05, 0.1) is 11.5 Å². The molecule has 2 aromatic carbocycles. The van der Waals surface area contributed by atoms with Gasteiger partial charge in [-0.15, -0.1) is 0 Å². The van der Waals surface area contributed by atoms with Crippen molar-refractivity contribution in [1.29, 1.82) is 0 Å². The molecule has 0 unspecified atom stereocenters. The highest BCUT2D eigenvalue weighted by molar-refractivity contribution is 7.85. The van der Waals surface area contributed by atoms with Gasteiger partial charge >= 0.3 is 47.6 Å². The molecule has 0 aliphatic rings. The molecule has 0 aliphatic carbocycles. The van der Waals surface area contributed by atoms with E-state index in [1.807, 2.05) is 0 Å². The van der Waals surface area contributed by atoms with Crippen LogP contribution < -0.4 is 4.74 Å². The van der Waals surface area contributed by atoms with Crippen LogP contribution in [0.3, 0.4) is 0 Å². The lowest BCUT2D eigenvalue weighted by atomic mass is 9.87. The minimum absolute atomic E-state index is 0.0224. The summed E-state index contributed by atoms with van der Waals surface area (Å²) >= 11 is 0. The lowest BCUT2D eigenvalue weighted by Crippen LogP contribution is -2.74. The van der Waals surface area contributed by atoms with Crippen LogP contribution in [0.1, 0.15) is 35.2 Å². The van der Waals surface area contributed by atoms with Gasteiger partial charge in [-0.2, -0.15) is 83.1 Å². The van der Waals surface area contributed by atoms with Crippen molar-refractivity contribution in [2.24, 2.45) is 0 Å². The Morgan fingerprint density at radius 2 is 1.00 bits per heavy atom. The summed E-state index contributed by atoms with van der Waals surface area (Å²) in [5, 5.41) is 0. The normalized spacial score (nSPS) is 14.6. The molecule has 272 valence electrons. The number of ketones is 1. The van der Waals surface area contributed by atoms with Crippen molar-refractivity contribution >= 4 is 15.9 Å². The standard InChI is InChI=1S/C25H17F17O5S/c26-18(27,19(28,29)20(30,31)21(32,33)22(34,35)23(36,37)24(38,39)25(40,41)42)14-6-4-13(5-7-14)17(43)3-1-2-12-47-15-8-10-16(11-9-15)48(44,45)46/h4-11H,1-3,12H2,(H,44,45,46). The fourth-order valence-electron chi connectivity index (χ4n) is 3.64. The molecule has 1 N–H and O–H groups in total. The van der Waals surface area contributed by atoms with Crippen LogP contribution in [-0.2, 0) is 16.0 Å². The number of alkyl halides is 17. The Labute approximate surface area is 257 Å². The van der Waals surface area contributed by atoms with E-state index in [9.17, 15) is 87.8 Å². The molecule has 0 aromatic heterocycles. The molecule has 0 amide bonds. The summed E-state index contributed by atoms with van der Waals surface area (Å²) in [6.07, 6.45) is -8.19. The van der Waals surface area contributed by atoms with E-state index in [-0.39, 0.29) is 49.5 Å². The predicted octanol–water partition coefficient (Wildman–Crippen LogP) is 8.83. The fraction of sp³-hybridized carbons (Fsp3) is 0.480. The van der Waals surface area contributed by atoms with Crippen LogP contribution in [0.2, 0.25) is 0 Å². The first-order valence-electron chi connectivity index (χ1n) is 12.4. The van der Waals surface area contributed by atoms with Crippen molar-refractivity contribution in [3.63, 3.8) is 0 Å². The third-order valence-electron chi connectivity index (χ3n) is 6.48. The minimum Gasteiger partial charge on any atom is -0.494 e. The molecule has 0 atom stereocenters. The zero-order valence-electron chi connectivity index (χ0n) is 22.9. The summed E-state index contributed by atoms with van der Waals surface area (Å²) in [6, 6.07) is 4.29. The number of benzene rings is 2. The number of rotatable bonds is 15. The lowest BCUT2D eigenvalue weighted by Gasteiger charge is -2.42. The fourth-order valence-corrected chi connectivity index (χ4v) is 4.12. The second-order valence-electron chi connectivity index (χ2n) is 9.77. The Hall–Kier alpha value is -3.37. The number of Topliss-reactive ketones (excluding diaryl/α,β-unsaturated/α-hetero) is 1. The first-order valence-corrected chi connectivity index (χ1v) is 13.8. The van der Waals surface area contributed by atoms with E-state index >= 15 is 0 Å². The van der Waals surface area contributed by atoms with Crippen LogP contribution in [-0.4, -0.2) is 67.1 Å². The number of unbranched alkanes of at least 4 members (excludes halogenated alkanes) is 1. The van der Waals surface area contributed by atoms with Crippen LogP contribution in [0, 0.1) is 0 Å². The Morgan fingerprint density at radius 3 is 1.42 bits per heavy atom. The Morgan fingerprint density at radius 1 is 0.583 bits per heavy atom. The number of halogens is 17. The average molecular weight is 752 g/mol. The van der Waals surface area contributed by atoms with Gasteiger partial charge in [0.2, 0.25) is 0 Å². The van der Waals surface area contributed by atoms with E-state index in [1.54, 1.807) is 0 Å². The molecule has 0 saturated heterocycles. The Bertz CT molecular complexity index is 1550. The second-order valence-corrected chi connectivity index (χ2v) is 11.2. The zero-order chi connectivity index (χ0) is 37.6. The zero-order valence-corrected chi connectivity index (χ0v) is 23.7. The van der Waals surface area contributed by atoms with Gasteiger partial charge in [-0.1, -0.05) is 24.3 Å². The van der Waals surface area contributed by atoms with Crippen LogP contribution >= 0.6 is 0 Å². The van der Waals surface area contributed by atoms with E-state index in [1.165, 1.54) is 12.1 Å². The van der Waals surface area contributed by atoms with Crippen molar-refractivity contribution in [3.8, 4) is 5.75 Å². The first kappa shape index (κ1) is 40.8. The molecular formula is C25H17F17O5S. The highest BCUT2D eigenvalue weighted by Crippen LogP contribution is 2.65. The number of ether oxygens (including phenoxy) is 1. The molecule has 0 radical (unpaired) electrons. The summed E-state index contributed by atoms with van der Waals surface area (Å²) in [5.41, 5.74) is -3.03. The van der Waals surface area contributed by atoms with Gasteiger partial charge in [0.1, 0.15) is 5.75 Å². The maximum absolute atomic E-state index is 14.4. The van der Waals surface area contributed by atoms with Gasteiger partial charge < -0.3 is 4.74 Å².